The van der Waals surface area contributed by atoms with Crippen LogP contribution in [-0.2, 0) is 13.0 Å². The summed E-state index contributed by atoms with van der Waals surface area (Å²) in [5.41, 5.74) is 4.11. The molecule has 7 heteroatoms. The van der Waals surface area contributed by atoms with Crippen molar-refractivity contribution in [3.8, 4) is 28.8 Å². The minimum atomic E-state index is -0.0951. The molecule has 26 heavy (non-hydrogen) atoms. The maximum atomic E-state index is 9.58. The van der Waals surface area contributed by atoms with Crippen LogP contribution in [0.3, 0.4) is 0 Å². The SMILES string of the molecule is COc1ccc(-c2nc(=S)c3c([nH]2)Oc2c(C)ncc(CO)c2C3)cc1. The average Bonchev–Trinajstić information content (AvgIpc) is 2.67. The first-order chi connectivity index (χ1) is 12.6. The predicted octanol–water partition coefficient (Wildman–Crippen LogP) is 3.71. The van der Waals surface area contributed by atoms with E-state index in [4.69, 9.17) is 21.7 Å². The van der Waals surface area contributed by atoms with Gasteiger partial charge in [-0.15, -0.1) is 0 Å². The van der Waals surface area contributed by atoms with Crippen LogP contribution in [-0.4, -0.2) is 27.2 Å². The summed E-state index contributed by atoms with van der Waals surface area (Å²) >= 11 is 5.50. The van der Waals surface area contributed by atoms with Crippen molar-refractivity contribution in [2.75, 3.05) is 7.11 Å². The van der Waals surface area contributed by atoms with Crippen molar-refractivity contribution in [2.45, 2.75) is 20.0 Å². The molecule has 0 saturated carbocycles. The maximum Gasteiger partial charge on any atom is 0.205 e. The molecule has 0 bridgehead atoms. The van der Waals surface area contributed by atoms with Crippen LogP contribution in [0.4, 0.5) is 0 Å². The van der Waals surface area contributed by atoms with Gasteiger partial charge < -0.3 is 19.6 Å². The highest BCUT2D eigenvalue weighted by Crippen LogP contribution is 2.39. The van der Waals surface area contributed by atoms with Crippen molar-refractivity contribution in [2.24, 2.45) is 0 Å². The maximum absolute atomic E-state index is 9.58. The number of fused-ring (bicyclic) bond motifs is 2. The summed E-state index contributed by atoms with van der Waals surface area (Å²) in [5, 5.41) is 9.58. The van der Waals surface area contributed by atoms with Crippen molar-refractivity contribution in [3.05, 3.63) is 57.5 Å². The van der Waals surface area contributed by atoms with E-state index in [0.717, 1.165) is 33.7 Å². The number of aryl methyl sites for hydroxylation is 1. The molecule has 1 aromatic carbocycles. The van der Waals surface area contributed by atoms with E-state index in [2.05, 4.69) is 15.0 Å². The Morgan fingerprint density at radius 3 is 2.73 bits per heavy atom. The van der Waals surface area contributed by atoms with Gasteiger partial charge in [0.15, 0.2) is 5.75 Å². The normalized spacial score (nSPS) is 12.1. The second kappa shape index (κ2) is 6.51. The molecule has 6 nitrogen and oxygen atoms in total. The summed E-state index contributed by atoms with van der Waals surface area (Å²) in [7, 11) is 1.63. The molecule has 132 valence electrons. The Balaban J connectivity index is 1.80. The number of nitrogens with one attached hydrogen (secondary N) is 1. The number of benzene rings is 1. The van der Waals surface area contributed by atoms with Crippen LogP contribution < -0.4 is 9.47 Å². The Hall–Kier alpha value is -2.77. The Bertz CT molecular complexity index is 1050. The number of pyridine rings is 1. The first-order valence-corrected chi connectivity index (χ1v) is 8.55. The number of H-pyrrole nitrogens is 1. The molecule has 0 aliphatic carbocycles. The van der Waals surface area contributed by atoms with Crippen molar-refractivity contribution in [1.29, 1.82) is 0 Å². The van der Waals surface area contributed by atoms with Gasteiger partial charge in [0.1, 0.15) is 16.2 Å². The Morgan fingerprint density at radius 1 is 1.27 bits per heavy atom. The molecule has 3 aromatic rings. The van der Waals surface area contributed by atoms with E-state index in [-0.39, 0.29) is 6.61 Å². The molecule has 0 spiro atoms. The third-order valence-corrected chi connectivity index (χ3v) is 4.81. The predicted molar refractivity (Wildman–Crippen MR) is 99.2 cm³/mol. The number of aliphatic hydroxyl groups is 1. The van der Waals surface area contributed by atoms with Crippen LogP contribution in [0.15, 0.2) is 30.5 Å². The zero-order valence-electron chi connectivity index (χ0n) is 14.4. The lowest BCUT2D eigenvalue weighted by Crippen LogP contribution is -2.12. The van der Waals surface area contributed by atoms with Crippen LogP contribution in [0.25, 0.3) is 11.4 Å². The van der Waals surface area contributed by atoms with E-state index in [1.54, 1.807) is 13.3 Å². The fourth-order valence-corrected chi connectivity index (χ4v) is 3.28. The number of aromatic nitrogens is 3. The standard InChI is InChI=1S/C19H17N3O3S/c1-10-16-14(12(9-23)8-20-10)7-15-18(25-16)21-17(22-19(15)26)11-3-5-13(24-2)6-4-11/h3-6,8,23H,7,9H2,1-2H3,(H,21,22,26). The highest BCUT2D eigenvalue weighted by atomic mass is 32.1. The van der Waals surface area contributed by atoms with E-state index < -0.39 is 0 Å². The van der Waals surface area contributed by atoms with E-state index in [0.29, 0.717) is 28.5 Å². The number of nitrogens with zero attached hydrogens (tertiary/aromatic N) is 2. The smallest absolute Gasteiger partial charge is 0.205 e. The molecule has 3 heterocycles. The van der Waals surface area contributed by atoms with Crippen LogP contribution in [0.1, 0.15) is 22.4 Å². The van der Waals surface area contributed by atoms with Crippen LogP contribution in [0.5, 0.6) is 17.4 Å². The van der Waals surface area contributed by atoms with Crippen molar-refractivity contribution in [1.82, 2.24) is 15.0 Å². The molecule has 1 aliphatic rings. The zero-order valence-corrected chi connectivity index (χ0v) is 15.2. The summed E-state index contributed by atoms with van der Waals surface area (Å²) in [5.74, 6) is 2.64. The number of aromatic amines is 1. The van der Waals surface area contributed by atoms with Gasteiger partial charge >= 0.3 is 0 Å². The van der Waals surface area contributed by atoms with E-state index in [1.807, 2.05) is 31.2 Å². The van der Waals surface area contributed by atoms with Gasteiger partial charge in [-0.2, -0.15) is 0 Å². The summed E-state index contributed by atoms with van der Waals surface area (Å²) in [6.07, 6.45) is 2.23. The quantitative estimate of drug-likeness (QED) is 0.538. The monoisotopic (exact) mass is 367 g/mol. The molecule has 0 radical (unpaired) electrons. The molecule has 4 rings (SSSR count). The van der Waals surface area contributed by atoms with Gasteiger partial charge in [0.25, 0.3) is 0 Å². The second-order valence-electron chi connectivity index (χ2n) is 6.04. The second-order valence-corrected chi connectivity index (χ2v) is 6.43. The van der Waals surface area contributed by atoms with Gasteiger partial charge in [-0.3, -0.25) is 4.98 Å². The molecule has 0 fully saturated rings. The summed E-state index contributed by atoms with van der Waals surface area (Å²) in [6.45, 7) is 1.79. The minimum Gasteiger partial charge on any atom is -0.497 e. The molecule has 0 atom stereocenters. The van der Waals surface area contributed by atoms with Gasteiger partial charge in [0.2, 0.25) is 5.88 Å². The number of ether oxygens (including phenoxy) is 2. The lowest BCUT2D eigenvalue weighted by molar-refractivity contribution is 0.278. The lowest BCUT2D eigenvalue weighted by Gasteiger charge is -2.23. The first-order valence-electron chi connectivity index (χ1n) is 8.14. The average molecular weight is 367 g/mol. The number of methoxy groups -OCH3 is 1. The molecule has 2 N–H and O–H groups in total. The van der Waals surface area contributed by atoms with Crippen LogP contribution in [0, 0.1) is 11.6 Å². The summed E-state index contributed by atoms with van der Waals surface area (Å²) in [6, 6.07) is 7.55. The molecule has 0 amide bonds. The fourth-order valence-electron chi connectivity index (χ4n) is 3.03. The minimum absolute atomic E-state index is 0.0951. The van der Waals surface area contributed by atoms with E-state index in [9.17, 15) is 5.11 Å². The topological polar surface area (TPSA) is 80.3 Å². The zero-order chi connectivity index (χ0) is 18.3. The van der Waals surface area contributed by atoms with Crippen molar-refractivity contribution in [3.63, 3.8) is 0 Å². The fraction of sp³-hybridized carbons (Fsp3) is 0.211. The number of aliphatic hydroxyl groups excluding tert-OH is 1. The first kappa shape index (κ1) is 16.7. The Morgan fingerprint density at radius 2 is 2.04 bits per heavy atom. The highest BCUT2D eigenvalue weighted by Gasteiger charge is 2.25. The molecular formula is C19H17N3O3S. The molecular weight excluding hydrogens is 350 g/mol. The summed E-state index contributed by atoms with van der Waals surface area (Å²) in [4.78, 5) is 12.1. The largest absolute Gasteiger partial charge is 0.497 e. The molecule has 0 saturated heterocycles. The lowest BCUT2D eigenvalue weighted by atomic mass is 9.99. The number of hydrogen-bond donors (Lipinski definition) is 2. The summed E-state index contributed by atoms with van der Waals surface area (Å²) < 4.78 is 11.7. The van der Waals surface area contributed by atoms with Crippen LogP contribution in [0.2, 0.25) is 0 Å². The van der Waals surface area contributed by atoms with Gasteiger partial charge in [-0.1, -0.05) is 12.2 Å². The van der Waals surface area contributed by atoms with Gasteiger partial charge in [0.05, 0.1) is 25.0 Å². The van der Waals surface area contributed by atoms with Gasteiger partial charge in [-0.25, -0.2) is 4.98 Å². The molecule has 0 unspecified atom stereocenters. The van der Waals surface area contributed by atoms with Gasteiger partial charge in [0, 0.05) is 29.3 Å². The number of rotatable bonds is 3. The Labute approximate surface area is 155 Å². The Kier molecular flexibility index (Phi) is 4.18. The third-order valence-electron chi connectivity index (χ3n) is 4.47. The highest BCUT2D eigenvalue weighted by molar-refractivity contribution is 7.71. The van der Waals surface area contributed by atoms with E-state index >= 15 is 0 Å². The van der Waals surface area contributed by atoms with E-state index in [1.165, 1.54) is 0 Å². The van der Waals surface area contributed by atoms with Crippen molar-refractivity contribution >= 4 is 12.2 Å². The van der Waals surface area contributed by atoms with Gasteiger partial charge in [-0.05, 0) is 31.2 Å². The number of hydrogen-bond acceptors (Lipinski definition) is 6. The van der Waals surface area contributed by atoms with Crippen molar-refractivity contribution < 1.29 is 14.6 Å². The third kappa shape index (κ3) is 2.75. The van der Waals surface area contributed by atoms with Crippen LogP contribution >= 0.6 is 12.2 Å². The molecule has 2 aromatic heterocycles. The molecule has 1 aliphatic heterocycles.